The third-order valence-corrected chi connectivity index (χ3v) is 3.39. The first kappa shape index (κ1) is 7.29. The molecule has 1 fully saturated rings. The fourth-order valence-electron chi connectivity index (χ4n) is 1.05. The molecule has 0 aliphatic carbocycles. The van der Waals surface area contributed by atoms with Crippen molar-refractivity contribution in [3.05, 3.63) is 0 Å². The Morgan fingerprint density at radius 2 is 2.22 bits per heavy atom. The van der Waals surface area contributed by atoms with Gasteiger partial charge >= 0.3 is 0 Å². The van der Waals surface area contributed by atoms with Crippen LogP contribution in [0.2, 0.25) is 0 Å². The van der Waals surface area contributed by atoms with Crippen molar-refractivity contribution in [1.82, 2.24) is 0 Å². The minimum Gasteiger partial charge on any atom is -0.337 e. The van der Waals surface area contributed by atoms with Gasteiger partial charge in [0.25, 0.3) is 0 Å². The lowest BCUT2D eigenvalue weighted by Gasteiger charge is -2.14. The molecule has 0 aromatic heterocycles. The van der Waals surface area contributed by atoms with Crippen molar-refractivity contribution in [2.24, 2.45) is 0 Å². The van der Waals surface area contributed by atoms with Gasteiger partial charge in [-0.3, -0.25) is 0 Å². The molecule has 0 aromatic carbocycles. The molecule has 0 aromatic rings. The molecule has 0 bridgehead atoms. The summed E-state index contributed by atoms with van der Waals surface area (Å²) in [5.74, 6) is 4.11. The van der Waals surface area contributed by atoms with Crippen LogP contribution in [0.25, 0.3) is 0 Å². The summed E-state index contributed by atoms with van der Waals surface area (Å²) in [4.78, 5) is 0. The topological polar surface area (TPSA) is 9.23 Å². The molecule has 1 heterocycles. The Hall–Kier alpha value is 0.180. The Morgan fingerprint density at radius 1 is 1.56 bits per heavy atom. The molecule has 9 heavy (non-hydrogen) atoms. The lowest BCUT2D eigenvalue weighted by Crippen LogP contribution is -2.24. The molecular weight excluding hydrogens is 132 g/mol. The molecule has 1 nitrogen and oxygen atoms in total. The second-order valence-corrected chi connectivity index (χ2v) is 6.84. The van der Waals surface area contributed by atoms with Crippen LogP contribution in [0.3, 0.4) is 0 Å². The predicted octanol–water partition coefficient (Wildman–Crippen LogP) is 0.968. The zero-order valence-corrected chi connectivity index (χ0v) is 7.04. The molecule has 1 rings (SSSR count). The van der Waals surface area contributed by atoms with E-state index in [-0.39, 0.29) is 0 Å². The van der Waals surface area contributed by atoms with Crippen molar-refractivity contribution in [3.63, 3.8) is 0 Å². The molecule has 0 radical (unpaired) electrons. The van der Waals surface area contributed by atoms with Gasteiger partial charge in [0.2, 0.25) is 0 Å². The number of ether oxygens (including phenoxy) is 1. The number of hydrogen-bond acceptors (Lipinski definition) is 1. The van der Waals surface area contributed by atoms with Gasteiger partial charge in [0, 0.05) is 12.3 Å². The summed E-state index contributed by atoms with van der Waals surface area (Å²) in [7, 11) is -0.675. The van der Waals surface area contributed by atoms with Crippen molar-refractivity contribution in [2.75, 3.05) is 19.1 Å². The molecule has 0 saturated carbocycles. The summed E-state index contributed by atoms with van der Waals surface area (Å²) in [5.41, 5.74) is 0.484. The second-order valence-electron chi connectivity index (χ2n) is 3.07. The quantitative estimate of drug-likeness (QED) is 0.397. The van der Waals surface area contributed by atoms with Crippen LogP contribution in [0.1, 0.15) is 12.8 Å². The van der Waals surface area contributed by atoms with E-state index in [1.807, 2.05) is 0 Å². The van der Waals surface area contributed by atoms with Crippen LogP contribution in [0.15, 0.2) is 0 Å². The van der Waals surface area contributed by atoms with Gasteiger partial charge in [0.05, 0.1) is 19.1 Å². The van der Waals surface area contributed by atoms with E-state index in [1.54, 1.807) is 0 Å². The van der Waals surface area contributed by atoms with Gasteiger partial charge in [-0.15, -0.1) is 9.62 Å². The highest BCUT2D eigenvalue weighted by Gasteiger charge is 2.26. The molecule has 1 saturated heterocycles. The SMILES string of the molecule is C=[S+](C)(C)C1CCCO1. The summed E-state index contributed by atoms with van der Waals surface area (Å²) < 4.78 is 5.49. The average molecular weight is 147 g/mol. The molecular formula is C7H15OS+. The molecule has 1 unspecified atom stereocenters. The highest BCUT2D eigenvalue weighted by atomic mass is 32.2. The van der Waals surface area contributed by atoms with Crippen LogP contribution in [0, 0.1) is 0 Å². The molecule has 0 N–H and O–H groups in total. The predicted molar refractivity (Wildman–Crippen MR) is 45.3 cm³/mol. The second kappa shape index (κ2) is 2.43. The minimum atomic E-state index is -0.675. The van der Waals surface area contributed by atoms with Crippen LogP contribution >= 0.6 is 0 Å². The molecule has 1 aliphatic heterocycles. The zero-order chi connectivity index (χ0) is 6.91. The maximum absolute atomic E-state index is 5.49. The Balaban J connectivity index is 2.52. The van der Waals surface area contributed by atoms with Gasteiger partial charge in [-0.1, -0.05) is 0 Å². The third kappa shape index (κ3) is 1.80. The van der Waals surface area contributed by atoms with Crippen LogP contribution in [0.5, 0.6) is 0 Å². The molecule has 1 atom stereocenters. The van der Waals surface area contributed by atoms with E-state index in [1.165, 1.54) is 12.8 Å². The summed E-state index contributed by atoms with van der Waals surface area (Å²) in [6, 6.07) is 0. The maximum atomic E-state index is 5.49. The van der Waals surface area contributed by atoms with Crippen molar-refractivity contribution in [2.45, 2.75) is 18.3 Å². The van der Waals surface area contributed by atoms with E-state index in [0.717, 1.165) is 6.61 Å². The van der Waals surface area contributed by atoms with E-state index in [2.05, 4.69) is 18.4 Å². The van der Waals surface area contributed by atoms with E-state index in [9.17, 15) is 0 Å². The van der Waals surface area contributed by atoms with Crippen LogP contribution in [-0.2, 0) is 14.4 Å². The molecule has 1 aliphatic rings. The average Bonchev–Trinajstić information content (AvgIpc) is 2.08. The van der Waals surface area contributed by atoms with E-state index < -0.39 is 9.62 Å². The number of rotatable bonds is 1. The maximum Gasteiger partial charge on any atom is 0.184 e. The van der Waals surface area contributed by atoms with Gasteiger partial charge < -0.3 is 4.74 Å². The summed E-state index contributed by atoms with van der Waals surface area (Å²) >= 11 is 0. The Bertz CT molecular complexity index is 130. The highest BCUT2D eigenvalue weighted by Crippen LogP contribution is 2.19. The van der Waals surface area contributed by atoms with Crippen molar-refractivity contribution < 1.29 is 4.74 Å². The summed E-state index contributed by atoms with van der Waals surface area (Å²) in [6.45, 7) is 0.955. The molecule has 2 heteroatoms. The smallest absolute Gasteiger partial charge is 0.184 e. The van der Waals surface area contributed by atoms with Gasteiger partial charge in [-0.25, -0.2) is 0 Å². The monoisotopic (exact) mass is 147 g/mol. The van der Waals surface area contributed by atoms with E-state index >= 15 is 0 Å². The highest BCUT2D eigenvalue weighted by molar-refractivity contribution is 8.10. The van der Waals surface area contributed by atoms with Crippen LogP contribution in [-0.4, -0.2) is 30.4 Å². The van der Waals surface area contributed by atoms with Crippen molar-refractivity contribution >= 4 is 15.5 Å². The molecule has 0 spiro atoms. The Kier molecular flexibility index (Phi) is 1.97. The zero-order valence-electron chi connectivity index (χ0n) is 6.22. The van der Waals surface area contributed by atoms with Crippen LogP contribution < -0.4 is 0 Å². The van der Waals surface area contributed by atoms with Crippen LogP contribution in [0.4, 0.5) is 0 Å². The molecule has 0 amide bonds. The van der Waals surface area contributed by atoms with Gasteiger partial charge in [-0.2, -0.15) is 0 Å². The van der Waals surface area contributed by atoms with Crippen molar-refractivity contribution in [1.29, 1.82) is 0 Å². The lowest BCUT2D eigenvalue weighted by atomic mass is 10.4. The van der Waals surface area contributed by atoms with Crippen molar-refractivity contribution in [3.8, 4) is 0 Å². The minimum absolute atomic E-state index is 0.484. The first-order valence-electron chi connectivity index (χ1n) is 3.27. The Morgan fingerprint density at radius 3 is 2.44 bits per heavy atom. The first-order valence-corrected chi connectivity index (χ1v) is 5.96. The largest absolute Gasteiger partial charge is 0.337 e. The van der Waals surface area contributed by atoms with Gasteiger partial charge in [0.15, 0.2) is 5.44 Å². The lowest BCUT2D eigenvalue weighted by molar-refractivity contribution is 0.171. The fraction of sp³-hybridized carbons (Fsp3) is 0.857. The van der Waals surface area contributed by atoms with Gasteiger partial charge in [-0.05, 0) is 6.42 Å². The fourth-order valence-corrected chi connectivity index (χ4v) is 2.32. The molecule has 54 valence electrons. The standard InChI is InChI=1S/C7H15OS/c1-9(2,3)7-5-4-6-8-7/h7H,1,4-6H2,2-3H3/q+1. The summed E-state index contributed by atoms with van der Waals surface area (Å²) in [6.07, 6.45) is 6.88. The van der Waals surface area contributed by atoms with E-state index in [0.29, 0.717) is 5.44 Å². The first-order chi connectivity index (χ1) is 4.11. The summed E-state index contributed by atoms with van der Waals surface area (Å²) in [5, 5.41) is 0. The number of hydrogen-bond donors (Lipinski definition) is 0. The van der Waals surface area contributed by atoms with E-state index in [4.69, 9.17) is 4.74 Å². The Labute approximate surface area is 58.3 Å². The van der Waals surface area contributed by atoms with Gasteiger partial charge in [0.1, 0.15) is 0 Å². The normalized spacial score (nSPS) is 28.9. The third-order valence-electron chi connectivity index (χ3n) is 1.60.